The monoisotopic (exact) mass is 376 g/mol. The quantitative estimate of drug-likeness (QED) is 0.521. The van der Waals surface area contributed by atoms with Crippen LogP contribution in [0, 0.1) is 10.1 Å². The molecular weight excluding hydrogens is 364 g/mol. The van der Waals surface area contributed by atoms with Gasteiger partial charge in [0.2, 0.25) is 0 Å². The second kappa shape index (κ2) is 7.23. The number of amides is 1. The van der Waals surface area contributed by atoms with Crippen molar-refractivity contribution in [1.29, 1.82) is 0 Å². The summed E-state index contributed by atoms with van der Waals surface area (Å²) in [6, 6.07) is 7.08. The number of rotatable bonds is 6. The van der Waals surface area contributed by atoms with E-state index in [1.165, 1.54) is 28.9 Å². The highest BCUT2D eigenvalue weighted by atomic mass is 35.5. The number of aryl methyl sites for hydroxylation is 1. The van der Waals surface area contributed by atoms with Gasteiger partial charge in [-0.15, -0.1) is 0 Å². The van der Waals surface area contributed by atoms with Crippen LogP contribution in [0.15, 0.2) is 42.7 Å². The number of nitrogens with zero attached hydrogens (tertiary/aromatic N) is 5. The van der Waals surface area contributed by atoms with Gasteiger partial charge in [0, 0.05) is 37.6 Å². The highest BCUT2D eigenvalue weighted by Crippen LogP contribution is 2.28. The molecule has 11 heteroatoms. The molecule has 2 aromatic heterocycles. The molecule has 0 fully saturated rings. The molecule has 3 rings (SSSR count). The lowest BCUT2D eigenvalue weighted by atomic mass is 10.3. The van der Waals surface area contributed by atoms with Crippen molar-refractivity contribution in [3.05, 3.63) is 63.6 Å². The molecular formula is C15H13ClN6O4. The number of aromatic nitrogens is 4. The fourth-order valence-corrected chi connectivity index (χ4v) is 2.30. The van der Waals surface area contributed by atoms with Gasteiger partial charge in [-0.25, -0.2) is 4.68 Å². The van der Waals surface area contributed by atoms with E-state index in [2.05, 4.69) is 15.5 Å². The van der Waals surface area contributed by atoms with Crippen molar-refractivity contribution >= 4 is 29.0 Å². The number of non-ortho nitro benzene ring substituents is 1. The Morgan fingerprint density at radius 3 is 2.77 bits per heavy atom. The minimum atomic E-state index is -0.546. The Morgan fingerprint density at radius 1 is 1.31 bits per heavy atom. The lowest BCUT2D eigenvalue weighted by molar-refractivity contribution is -0.384. The summed E-state index contributed by atoms with van der Waals surface area (Å²) in [6.07, 6.45) is 3.27. The Labute approximate surface area is 152 Å². The van der Waals surface area contributed by atoms with Gasteiger partial charge in [-0.2, -0.15) is 10.2 Å². The van der Waals surface area contributed by atoms with Crippen molar-refractivity contribution < 1.29 is 14.5 Å². The number of anilines is 1. The van der Waals surface area contributed by atoms with Crippen molar-refractivity contribution in [2.75, 3.05) is 5.32 Å². The Hall–Kier alpha value is -3.40. The average Bonchev–Trinajstić information content (AvgIpc) is 3.22. The van der Waals surface area contributed by atoms with Crippen molar-refractivity contribution in [3.8, 4) is 5.75 Å². The summed E-state index contributed by atoms with van der Waals surface area (Å²) in [4.78, 5) is 22.2. The number of hydrogen-bond donors (Lipinski definition) is 1. The van der Waals surface area contributed by atoms with Gasteiger partial charge in [0.1, 0.15) is 5.75 Å². The molecule has 1 aromatic carbocycles. The lowest BCUT2D eigenvalue weighted by Gasteiger charge is -2.07. The van der Waals surface area contributed by atoms with E-state index in [9.17, 15) is 14.9 Å². The molecule has 1 amide bonds. The molecule has 0 unspecified atom stereocenters. The number of nitrogens with one attached hydrogen (secondary N) is 1. The summed E-state index contributed by atoms with van der Waals surface area (Å²) >= 11 is 5.96. The number of nitro benzene ring substituents is 1. The van der Waals surface area contributed by atoms with E-state index < -0.39 is 10.8 Å². The van der Waals surface area contributed by atoms with Gasteiger partial charge >= 0.3 is 0 Å². The predicted octanol–water partition coefficient (Wildman–Crippen LogP) is 2.47. The van der Waals surface area contributed by atoms with E-state index in [4.69, 9.17) is 16.3 Å². The summed E-state index contributed by atoms with van der Waals surface area (Å²) in [5.41, 5.74) is 0.0592. The lowest BCUT2D eigenvalue weighted by Crippen LogP contribution is -2.14. The number of benzene rings is 1. The molecule has 2 heterocycles. The number of hydrogen-bond acceptors (Lipinski definition) is 6. The maximum Gasteiger partial charge on any atom is 0.277 e. The van der Waals surface area contributed by atoms with Gasteiger partial charge in [0.15, 0.2) is 18.2 Å². The molecule has 134 valence electrons. The van der Waals surface area contributed by atoms with E-state index in [0.29, 0.717) is 5.82 Å². The van der Waals surface area contributed by atoms with Crippen molar-refractivity contribution in [3.63, 3.8) is 0 Å². The molecule has 0 aliphatic carbocycles. The topological polar surface area (TPSA) is 117 Å². The first-order valence-corrected chi connectivity index (χ1v) is 7.71. The van der Waals surface area contributed by atoms with Crippen molar-refractivity contribution in [2.45, 2.75) is 6.73 Å². The molecule has 0 saturated heterocycles. The predicted molar refractivity (Wildman–Crippen MR) is 92.1 cm³/mol. The van der Waals surface area contributed by atoms with E-state index in [0.717, 1.165) is 0 Å². The molecule has 0 spiro atoms. The summed E-state index contributed by atoms with van der Waals surface area (Å²) in [6.45, 7) is -0.0194. The largest absolute Gasteiger partial charge is 0.470 e. The van der Waals surface area contributed by atoms with Crippen molar-refractivity contribution in [1.82, 2.24) is 19.6 Å². The first-order valence-electron chi connectivity index (χ1n) is 7.33. The number of halogens is 1. The van der Waals surface area contributed by atoms with Crippen LogP contribution in [0.1, 0.15) is 10.5 Å². The van der Waals surface area contributed by atoms with Gasteiger partial charge in [0.25, 0.3) is 11.6 Å². The number of carbonyl (C=O) groups excluding carboxylic acids is 1. The standard InChI is InChI=1S/C15H13ClN6O4/c1-20-6-5-14(19-20)17-15(23)12-4-7-21(18-12)9-26-13-3-2-10(22(24)25)8-11(13)16/h2-8H,9H2,1H3,(H,17,19,23). The fourth-order valence-electron chi connectivity index (χ4n) is 2.07. The Bertz CT molecular complexity index is 967. The molecule has 26 heavy (non-hydrogen) atoms. The van der Waals surface area contributed by atoms with Crippen LogP contribution >= 0.6 is 11.6 Å². The van der Waals surface area contributed by atoms with Gasteiger partial charge in [-0.3, -0.25) is 19.6 Å². The number of carbonyl (C=O) groups is 1. The van der Waals surface area contributed by atoms with Crippen molar-refractivity contribution in [2.24, 2.45) is 7.05 Å². The second-order valence-electron chi connectivity index (χ2n) is 5.21. The van der Waals surface area contributed by atoms with E-state index in [1.807, 2.05) is 0 Å². The zero-order valence-electron chi connectivity index (χ0n) is 13.5. The summed E-state index contributed by atoms with van der Waals surface area (Å²) in [5.74, 6) is 0.282. The van der Waals surface area contributed by atoms with E-state index in [-0.39, 0.29) is 28.9 Å². The summed E-state index contributed by atoms with van der Waals surface area (Å²) in [7, 11) is 1.74. The molecule has 0 bridgehead atoms. The molecule has 0 aliphatic heterocycles. The van der Waals surface area contributed by atoms with Gasteiger partial charge in [-0.1, -0.05) is 11.6 Å². The normalized spacial score (nSPS) is 10.5. The molecule has 10 nitrogen and oxygen atoms in total. The fraction of sp³-hybridized carbons (Fsp3) is 0.133. The molecule has 0 radical (unpaired) electrons. The van der Waals surface area contributed by atoms with Crippen LogP contribution in [0.25, 0.3) is 0 Å². The van der Waals surface area contributed by atoms with Gasteiger partial charge in [-0.05, 0) is 12.1 Å². The first-order chi connectivity index (χ1) is 12.4. The Morgan fingerprint density at radius 2 is 2.12 bits per heavy atom. The third-order valence-corrected chi connectivity index (χ3v) is 3.60. The van der Waals surface area contributed by atoms with Crippen LogP contribution in [0.3, 0.4) is 0 Å². The molecule has 1 N–H and O–H groups in total. The number of nitro groups is 1. The molecule has 0 aliphatic rings. The maximum atomic E-state index is 12.1. The van der Waals surface area contributed by atoms with Crippen LogP contribution in [-0.2, 0) is 13.8 Å². The maximum absolute atomic E-state index is 12.1. The average molecular weight is 377 g/mol. The second-order valence-corrected chi connectivity index (χ2v) is 5.62. The van der Waals surface area contributed by atoms with Crippen LogP contribution in [0.4, 0.5) is 11.5 Å². The van der Waals surface area contributed by atoms with Gasteiger partial charge < -0.3 is 10.1 Å². The zero-order chi connectivity index (χ0) is 18.7. The molecule has 3 aromatic rings. The highest BCUT2D eigenvalue weighted by Gasteiger charge is 2.13. The van der Waals surface area contributed by atoms with Gasteiger partial charge in [0.05, 0.1) is 9.95 Å². The zero-order valence-corrected chi connectivity index (χ0v) is 14.3. The summed E-state index contributed by atoms with van der Waals surface area (Å²) in [5, 5.41) is 21.6. The number of ether oxygens (including phenoxy) is 1. The minimum absolute atomic E-state index is 0.0194. The third kappa shape index (κ3) is 3.98. The first kappa shape index (κ1) is 17.4. The smallest absolute Gasteiger partial charge is 0.277 e. The highest BCUT2D eigenvalue weighted by molar-refractivity contribution is 6.32. The van der Waals surface area contributed by atoms with E-state index in [1.54, 1.807) is 30.2 Å². The Kier molecular flexibility index (Phi) is 4.85. The molecule has 0 saturated carbocycles. The summed E-state index contributed by atoms with van der Waals surface area (Å²) < 4.78 is 8.43. The van der Waals surface area contributed by atoms with Crippen LogP contribution in [0.5, 0.6) is 5.75 Å². The third-order valence-electron chi connectivity index (χ3n) is 3.31. The SMILES string of the molecule is Cn1ccc(NC(=O)c2ccn(COc3ccc([N+](=O)[O-])cc3Cl)n2)n1. The van der Waals surface area contributed by atoms with E-state index >= 15 is 0 Å². The Balaban J connectivity index is 1.61. The van der Waals surface area contributed by atoms with Crippen LogP contribution < -0.4 is 10.1 Å². The van der Waals surface area contributed by atoms with Crippen LogP contribution in [0.2, 0.25) is 5.02 Å². The van der Waals surface area contributed by atoms with Crippen LogP contribution in [-0.4, -0.2) is 30.4 Å². The minimum Gasteiger partial charge on any atom is -0.470 e. The molecule has 0 atom stereocenters.